The molecule has 0 radical (unpaired) electrons. The third-order valence-corrected chi connectivity index (χ3v) is 10.3. The summed E-state index contributed by atoms with van der Waals surface area (Å²) in [6.07, 6.45) is 0. The van der Waals surface area contributed by atoms with Crippen molar-refractivity contribution < 1.29 is 8.83 Å². The highest BCUT2D eigenvalue weighted by Gasteiger charge is 2.23. The Balaban J connectivity index is 1.13. The normalized spacial score (nSPS) is 11.7. The summed E-state index contributed by atoms with van der Waals surface area (Å²) in [5, 5.41) is 6.41. The van der Waals surface area contributed by atoms with E-state index in [1.54, 1.807) is 0 Å². The molecule has 0 aliphatic heterocycles. The van der Waals surface area contributed by atoms with E-state index < -0.39 is 0 Å². The number of fused-ring (bicyclic) bond motifs is 7. The fourth-order valence-corrected chi connectivity index (χ4v) is 7.71. The SMILES string of the molecule is c1ccc(-c2ccc(-c3nc(-c4ccccc4)nc(-c4ccc(-c5cccc6c5oc5cc7ccccc7cc56)c5oc6ccccc6c45)n3)cc2)cc1. The largest absolute Gasteiger partial charge is 0.455 e. The highest BCUT2D eigenvalue weighted by atomic mass is 16.3. The average Bonchev–Trinajstić information content (AvgIpc) is 3.82. The first kappa shape index (κ1) is 30.3. The number of furan rings is 2. The van der Waals surface area contributed by atoms with Crippen LogP contribution < -0.4 is 0 Å². The van der Waals surface area contributed by atoms with Gasteiger partial charge in [0.2, 0.25) is 0 Å². The average molecular weight is 692 g/mol. The molecule has 0 unspecified atom stereocenters. The van der Waals surface area contributed by atoms with Crippen LogP contribution in [0.5, 0.6) is 0 Å². The van der Waals surface area contributed by atoms with Crippen LogP contribution in [-0.2, 0) is 0 Å². The van der Waals surface area contributed by atoms with Crippen LogP contribution in [0, 0.1) is 0 Å². The van der Waals surface area contributed by atoms with Gasteiger partial charge >= 0.3 is 0 Å². The summed E-state index contributed by atoms with van der Waals surface area (Å²) in [5.74, 6) is 1.78. The molecule has 0 bridgehead atoms. The van der Waals surface area contributed by atoms with Gasteiger partial charge < -0.3 is 8.83 Å². The lowest BCUT2D eigenvalue weighted by Crippen LogP contribution is -2.00. The highest BCUT2D eigenvalue weighted by Crippen LogP contribution is 2.45. The summed E-state index contributed by atoms with van der Waals surface area (Å²) in [5.41, 5.74) is 10.1. The Morgan fingerprint density at radius 2 is 0.852 bits per heavy atom. The summed E-state index contributed by atoms with van der Waals surface area (Å²) in [4.78, 5) is 15.3. The van der Waals surface area contributed by atoms with Crippen LogP contribution in [-0.4, -0.2) is 15.0 Å². The Kier molecular flexibility index (Phi) is 6.79. The van der Waals surface area contributed by atoms with Crippen molar-refractivity contribution >= 4 is 54.6 Å². The summed E-state index contributed by atoms with van der Waals surface area (Å²) in [6.45, 7) is 0. The van der Waals surface area contributed by atoms with Gasteiger partial charge in [-0.3, -0.25) is 0 Å². The number of para-hydroxylation sites is 2. The van der Waals surface area contributed by atoms with E-state index in [4.69, 9.17) is 23.8 Å². The molecule has 0 aliphatic rings. The number of benzene rings is 8. The van der Waals surface area contributed by atoms with Gasteiger partial charge in [-0.2, -0.15) is 0 Å². The third-order valence-electron chi connectivity index (χ3n) is 10.3. The molecule has 0 atom stereocenters. The monoisotopic (exact) mass is 691 g/mol. The maximum Gasteiger partial charge on any atom is 0.164 e. The quantitative estimate of drug-likeness (QED) is 0.180. The minimum Gasteiger partial charge on any atom is -0.455 e. The van der Waals surface area contributed by atoms with Crippen molar-refractivity contribution in [3.63, 3.8) is 0 Å². The summed E-state index contributed by atoms with van der Waals surface area (Å²) in [7, 11) is 0. The first-order chi connectivity index (χ1) is 26.7. The fraction of sp³-hybridized carbons (Fsp3) is 0. The lowest BCUT2D eigenvalue weighted by atomic mass is 9.96. The Hall–Kier alpha value is -7.37. The van der Waals surface area contributed by atoms with Gasteiger partial charge in [0.15, 0.2) is 17.5 Å². The summed E-state index contributed by atoms with van der Waals surface area (Å²) in [6, 6.07) is 60.3. The van der Waals surface area contributed by atoms with Crippen LogP contribution in [0.15, 0.2) is 185 Å². The van der Waals surface area contributed by atoms with Crippen molar-refractivity contribution in [2.24, 2.45) is 0 Å². The van der Waals surface area contributed by atoms with Crippen molar-refractivity contribution in [1.29, 1.82) is 0 Å². The Labute approximate surface area is 309 Å². The first-order valence-corrected chi connectivity index (χ1v) is 18.0. The lowest BCUT2D eigenvalue weighted by Gasteiger charge is -2.11. The molecular weight excluding hydrogens is 663 g/mol. The molecule has 0 spiro atoms. The maximum absolute atomic E-state index is 6.76. The van der Waals surface area contributed by atoms with Crippen molar-refractivity contribution in [2.45, 2.75) is 0 Å². The number of aromatic nitrogens is 3. The van der Waals surface area contributed by atoms with Gasteiger partial charge in [-0.25, -0.2) is 15.0 Å². The molecule has 0 saturated heterocycles. The van der Waals surface area contributed by atoms with Crippen LogP contribution in [0.2, 0.25) is 0 Å². The van der Waals surface area contributed by atoms with Gasteiger partial charge in [-0.15, -0.1) is 0 Å². The number of hydrogen-bond donors (Lipinski definition) is 0. The molecule has 0 fully saturated rings. The molecule has 0 aliphatic carbocycles. The Morgan fingerprint density at radius 1 is 0.315 bits per heavy atom. The highest BCUT2D eigenvalue weighted by molar-refractivity contribution is 6.19. The zero-order chi connectivity index (χ0) is 35.6. The number of nitrogens with zero attached hydrogens (tertiary/aromatic N) is 3. The number of rotatable bonds is 5. The first-order valence-electron chi connectivity index (χ1n) is 18.0. The Bertz CT molecular complexity index is 3200. The predicted octanol–water partition coefficient (Wildman–Crippen LogP) is 13.2. The molecule has 11 rings (SSSR count). The molecule has 0 saturated carbocycles. The van der Waals surface area contributed by atoms with Crippen LogP contribution in [0.1, 0.15) is 0 Å². The molecule has 5 heteroatoms. The minimum absolute atomic E-state index is 0.572. The molecule has 0 amide bonds. The van der Waals surface area contributed by atoms with Gasteiger partial charge in [0.25, 0.3) is 0 Å². The van der Waals surface area contributed by atoms with Crippen LogP contribution in [0.25, 0.3) is 111 Å². The molecule has 0 N–H and O–H groups in total. The summed E-state index contributed by atoms with van der Waals surface area (Å²) < 4.78 is 13.4. The molecule has 3 heterocycles. The minimum atomic E-state index is 0.572. The van der Waals surface area contributed by atoms with E-state index in [-0.39, 0.29) is 0 Å². The lowest BCUT2D eigenvalue weighted by molar-refractivity contribution is 0.665. The standard InChI is InChI=1S/C49H29N3O2/c1-3-12-30(13-4-1)31-22-24-33(25-23-31)48-50-47(32-14-5-2-6-15-32)51-49(52-48)40-27-26-38(46-44(40)39-18-9-10-21-42(39)53-46)36-19-11-20-37-41-28-34-16-7-8-17-35(34)29-43(41)54-45(36)37/h1-29H. The second kappa shape index (κ2) is 12.1. The molecule has 8 aromatic carbocycles. The van der Waals surface area contributed by atoms with Crippen molar-refractivity contribution in [2.75, 3.05) is 0 Å². The van der Waals surface area contributed by atoms with Gasteiger partial charge in [0.1, 0.15) is 22.3 Å². The molecule has 54 heavy (non-hydrogen) atoms. The van der Waals surface area contributed by atoms with Crippen molar-refractivity contribution in [3.05, 3.63) is 176 Å². The van der Waals surface area contributed by atoms with Gasteiger partial charge in [0.05, 0.1) is 0 Å². The van der Waals surface area contributed by atoms with Crippen molar-refractivity contribution in [1.82, 2.24) is 15.0 Å². The van der Waals surface area contributed by atoms with E-state index in [9.17, 15) is 0 Å². The third kappa shape index (κ3) is 4.90. The molecule has 252 valence electrons. The molecule has 5 nitrogen and oxygen atoms in total. The second-order valence-electron chi connectivity index (χ2n) is 13.6. The van der Waals surface area contributed by atoms with E-state index in [1.807, 2.05) is 54.6 Å². The van der Waals surface area contributed by atoms with Crippen LogP contribution in [0.4, 0.5) is 0 Å². The smallest absolute Gasteiger partial charge is 0.164 e. The van der Waals surface area contributed by atoms with Gasteiger partial charge in [0, 0.05) is 49.4 Å². The second-order valence-corrected chi connectivity index (χ2v) is 13.6. The van der Waals surface area contributed by atoms with Crippen molar-refractivity contribution in [3.8, 4) is 56.4 Å². The van der Waals surface area contributed by atoms with Crippen LogP contribution >= 0.6 is 0 Å². The maximum atomic E-state index is 6.76. The molecule has 11 aromatic rings. The van der Waals surface area contributed by atoms with E-state index in [0.29, 0.717) is 17.5 Å². The van der Waals surface area contributed by atoms with E-state index in [1.165, 1.54) is 5.39 Å². The van der Waals surface area contributed by atoms with Gasteiger partial charge in [-0.05, 0) is 52.2 Å². The topological polar surface area (TPSA) is 65.0 Å². The summed E-state index contributed by atoms with van der Waals surface area (Å²) >= 11 is 0. The zero-order valence-corrected chi connectivity index (χ0v) is 28.9. The number of hydrogen-bond acceptors (Lipinski definition) is 5. The van der Waals surface area contributed by atoms with E-state index in [0.717, 1.165) is 88.2 Å². The zero-order valence-electron chi connectivity index (χ0n) is 28.9. The fourth-order valence-electron chi connectivity index (χ4n) is 7.71. The predicted molar refractivity (Wildman–Crippen MR) is 219 cm³/mol. The van der Waals surface area contributed by atoms with Crippen LogP contribution in [0.3, 0.4) is 0 Å². The Morgan fingerprint density at radius 3 is 1.63 bits per heavy atom. The van der Waals surface area contributed by atoms with Gasteiger partial charge in [-0.1, -0.05) is 146 Å². The van der Waals surface area contributed by atoms with E-state index >= 15 is 0 Å². The molecular formula is C49H29N3O2. The molecule has 3 aromatic heterocycles. The van der Waals surface area contributed by atoms with E-state index in [2.05, 4.69) is 121 Å².